The highest BCUT2D eigenvalue weighted by Crippen LogP contribution is 2.18. The van der Waals surface area contributed by atoms with Gasteiger partial charge in [-0.3, -0.25) is 4.79 Å². The number of esters is 1. The first-order valence-electron chi connectivity index (χ1n) is 7.14. The normalized spacial score (nSPS) is 10.2. The van der Waals surface area contributed by atoms with E-state index in [0.29, 0.717) is 27.7 Å². The van der Waals surface area contributed by atoms with Gasteiger partial charge in [0.1, 0.15) is 11.4 Å². The van der Waals surface area contributed by atoms with Crippen LogP contribution < -0.4 is 10.1 Å². The molecule has 1 heterocycles. The maximum absolute atomic E-state index is 12.1. The molecule has 120 valence electrons. The number of ether oxygens (including phenoxy) is 1. The van der Waals surface area contributed by atoms with Crippen molar-refractivity contribution >= 4 is 29.2 Å². The van der Waals surface area contributed by atoms with Gasteiger partial charge in [-0.2, -0.15) is 0 Å². The van der Waals surface area contributed by atoms with Crippen molar-refractivity contribution in [2.45, 2.75) is 0 Å². The number of H-pyrrole nitrogens is 1. The summed E-state index contributed by atoms with van der Waals surface area (Å²) < 4.78 is 5.22. The predicted molar refractivity (Wildman–Crippen MR) is 91.6 cm³/mol. The van der Waals surface area contributed by atoms with E-state index in [1.807, 2.05) is 0 Å². The lowest BCUT2D eigenvalue weighted by molar-refractivity contribution is 0.0729. The molecule has 3 aromatic rings. The van der Waals surface area contributed by atoms with Crippen LogP contribution in [0.15, 0.2) is 66.9 Å². The fourth-order valence-corrected chi connectivity index (χ4v) is 2.16. The van der Waals surface area contributed by atoms with E-state index in [-0.39, 0.29) is 5.91 Å². The van der Waals surface area contributed by atoms with Gasteiger partial charge < -0.3 is 15.0 Å². The lowest BCUT2D eigenvalue weighted by Crippen LogP contribution is -2.12. The van der Waals surface area contributed by atoms with Crippen LogP contribution in [0.5, 0.6) is 5.75 Å². The highest BCUT2D eigenvalue weighted by Gasteiger charge is 2.10. The predicted octanol–water partition coefficient (Wildman–Crippen LogP) is 4.14. The zero-order valence-electron chi connectivity index (χ0n) is 12.5. The van der Waals surface area contributed by atoms with Gasteiger partial charge >= 0.3 is 5.97 Å². The van der Waals surface area contributed by atoms with Crippen LogP contribution in [0.2, 0.25) is 5.02 Å². The van der Waals surface area contributed by atoms with Crippen LogP contribution in [0, 0.1) is 0 Å². The van der Waals surface area contributed by atoms with E-state index in [2.05, 4.69) is 10.3 Å². The molecule has 24 heavy (non-hydrogen) atoms. The fourth-order valence-electron chi connectivity index (χ4n) is 2.03. The largest absolute Gasteiger partial charge is 0.422 e. The van der Waals surface area contributed by atoms with Gasteiger partial charge in [0.15, 0.2) is 0 Å². The van der Waals surface area contributed by atoms with Gasteiger partial charge in [-0.1, -0.05) is 11.6 Å². The summed E-state index contributed by atoms with van der Waals surface area (Å²) in [6.45, 7) is 0. The molecule has 0 atom stereocenters. The number of rotatable bonds is 4. The average Bonchev–Trinajstić information content (AvgIpc) is 3.12. The van der Waals surface area contributed by atoms with E-state index >= 15 is 0 Å². The number of hydrogen-bond acceptors (Lipinski definition) is 3. The maximum atomic E-state index is 12.1. The van der Waals surface area contributed by atoms with Crippen LogP contribution in [0.3, 0.4) is 0 Å². The van der Waals surface area contributed by atoms with Gasteiger partial charge in [0.05, 0.1) is 0 Å². The van der Waals surface area contributed by atoms with Crippen molar-refractivity contribution in [3.8, 4) is 5.75 Å². The zero-order chi connectivity index (χ0) is 16.9. The minimum Gasteiger partial charge on any atom is -0.422 e. The SMILES string of the molecule is O=C(Nc1ccc(OC(=O)c2ccc[nH]2)cc1)c1ccc(Cl)cc1. The summed E-state index contributed by atoms with van der Waals surface area (Å²) >= 11 is 5.80. The minimum atomic E-state index is -0.474. The first kappa shape index (κ1) is 15.8. The summed E-state index contributed by atoms with van der Waals surface area (Å²) in [6.07, 6.45) is 1.64. The Morgan fingerprint density at radius 3 is 2.29 bits per heavy atom. The fraction of sp³-hybridized carbons (Fsp3) is 0. The van der Waals surface area contributed by atoms with Gasteiger partial charge in [0.25, 0.3) is 5.91 Å². The molecule has 0 unspecified atom stereocenters. The summed E-state index contributed by atoms with van der Waals surface area (Å²) in [4.78, 5) is 26.7. The molecule has 2 N–H and O–H groups in total. The third-order valence-corrected chi connectivity index (χ3v) is 3.50. The maximum Gasteiger partial charge on any atom is 0.360 e. The Morgan fingerprint density at radius 2 is 1.67 bits per heavy atom. The number of aromatic nitrogens is 1. The summed E-state index contributed by atoms with van der Waals surface area (Å²) in [5.41, 5.74) is 1.46. The Hall–Kier alpha value is -3.05. The number of benzene rings is 2. The van der Waals surface area contributed by atoms with E-state index in [9.17, 15) is 9.59 Å². The van der Waals surface area contributed by atoms with Crippen LogP contribution in [-0.2, 0) is 0 Å². The molecular weight excluding hydrogens is 328 g/mol. The van der Waals surface area contributed by atoms with Gasteiger partial charge in [-0.05, 0) is 60.7 Å². The van der Waals surface area contributed by atoms with Crippen LogP contribution in [-0.4, -0.2) is 16.9 Å². The van der Waals surface area contributed by atoms with Crippen LogP contribution in [0.1, 0.15) is 20.8 Å². The Labute approximate surface area is 143 Å². The molecule has 1 amide bonds. The Kier molecular flexibility index (Phi) is 4.63. The molecular formula is C18H13ClN2O3. The number of amides is 1. The quantitative estimate of drug-likeness (QED) is 0.554. The summed E-state index contributed by atoms with van der Waals surface area (Å²) in [6, 6.07) is 16.5. The van der Waals surface area contributed by atoms with E-state index < -0.39 is 5.97 Å². The number of aromatic amines is 1. The standard InChI is InChI=1S/C18H13ClN2O3/c19-13-5-3-12(4-6-13)17(22)21-14-7-9-15(10-8-14)24-18(23)16-2-1-11-20-16/h1-11,20H,(H,21,22). The molecule has 0 fully saturated rings. The highest BCUT2D eigenvalue weighted by atomic mass is 35.5. The summed E-state index contributed by atoms with van der Waals surface area (Å²) in [5, 5.41) is 3.33. The Bertz CT molecular complexity index is 841. The van der Waals surface area contributed by atoms with Crippen LogP contribution >= 0.6 is 11.6 Å². The second kappa shape index (κ2) is 7.02. The molecule has 0 radical (unpaired) electrons. The topological polar surface area (TPSA) is 71.2 Å². The van der Waals surface area contributed by atoms with E-state index in [1.165, 1.54) is 0 Å². The lowest BCUT2D eigenvalue weighted by atomic mass is 10.2. The van der Waals surface area contributed by atoms with Gasteiger partial charge in [-0.25, -0.2) is 4.79 Å². The van der Waals surface area contributed by atoms with E-state index in [1.54, 1.807) is 66.9 Å². The van der Waals surface area contributed by atoms with E-state index in [0.717, 1.165) is 0 Å². The first-order valence-corrected chi connectivity index (χ1v) is 7.52. The van der Waals surface area contributed by atoms with Crippen molar-refractivity contribution in [2.24, 2.45) is 0 Å². The third kappa shape index (κ3) is 3.83. The minimum absolute atomic E-state index is 0.247. The van der Waals surface area contributed by atoms with E-state index in [4.69, 9.17) is 16.3 Å². The number of halogens is 1. The number of carbonyl (C=O) groups excluding carboxylic acids is 2. The van der Waals surface area contributed by atoms with Gasteiger partial charge in [-0.15, -0.1) is 0 Å². The Morgan fingerprint density at radius 1 is 0.958 bits per heavy atom. The number of anilines is 1. The van der Waals surface area contributed by atoms with Crippen molar-refractivity contribution in [3.63, 3.8) is 0 Å². The van der Waals surface area contributed by atoms with Gasteiger partial charge in [0, 0.05) is 22.5 Å². The van der Waals surface area contributed by atoms with Crippen molar-refractivity contribution < 1.29 is 14.3 Å². The molecule has 0 aliphatic carbocycles. The molecule has 3 rings (SSSR count). The van der Waals surface area contributed by atoms with Crippen LogP contribution in [0.25, 0.3) is 0 Å². The second-order valence-electron chi connectivity index (χ2n) is 4.96. The van der Waals surface area contributed by atoms with Crippen molar-refractivity contribution in [2.75, 3.05) is 5.32 Å². The molecule has 1 aromatic heterocycles. The molecule has 6 heteroatoms. The highest BCUT2D eigenvalue weighted by molar-refractivity contribution is 6.30. The number of hydrogen-bond donors (Lipinski definition) is 2. The average molecular weight is 341 g/mol. The van der Waals surface area contributed by atoms with Gasteiger partial charge in [0.2, 0.25) is 0 Å². The molecule has 5 nitrogen and oxygen atoms in total. The molecule has 0 saturated heterocycles. The molecule has 0 aliphatic rings. The van der Waals surface area contributed by atoms with Crippen molar-refractivity contribution in [3.05, 3.63) is 83.1 Å². The van der Waals surface area contributed by atoms with Crippen molar-refractivity contribution in [1.82, 2.24) is 4.98 Å². The smallest absolute Gasteiger partial charge is 0.360 e. The third-order valence-electron chi connectivity index (χ3n) is 3.25. The Balaban J connectivity index is 1.63. The second-order valence-corrected chi connectivity index (χ2v) is 5.40. The number of nitrogens with one attached hydrogen (secondary N) is 2. The molecule has 0 aliphatic heterocycles. The summed E-state index contributed by atoms with van der Waals surface area (Å²) in [5.74, 6) is -0.333. The molecule has 0 bridgehead atoms. The first-order chi connectivity index (χ1) is 11.6. The zero-order valence-corrected chi connectivity index (χ0v) is 13.2. The summed E-state index contributed by atoms with van der Waals surface area (Å²) in [7, 11) is 0. The van der Waals surface area contributed by atoms with Crippen LogP contribution in [0.4, 0.5) is 5.69 Å². The molecule has 0 saturated carbocycles. The lowest BCUT2D eigenvalue weighted by Gasteiger charge is -2.07. The molecule has 0 spiro atoms. The molecule has 2 aromatic carbocycles. The monoisotopic (exact) mass is 340 g/mol. The number of carbonyl (C=O) groups is 2. The van der Waals surface area contributed by atoms with Crippen molar-refractivity contribution in [1.29, 1.82) is 0 Å².